The van der Waals surface area contributed by atoms with Crippen LogP contribution in [-0.2, 0) is 21.2 Å². The molecular weight excluding hydrogens is 398 g/mol. The van der Waals surface area contributed by atoms with E-state index in [1.54, 1.807) is 28.6 Å². The van der Waals surface area contributed by atoms with E-state index in [9.17, 15) is 13.2 Å². The Bertz CT molecular complexity index is 746. The maximum Gasteiger partial charge on any atom is 0.243 e. The number of carbonyl (C=O) groups is 1. The van der Waals surface area contributed by atoms with Crippen LogP contribution < -0.4 is 5.73 Å². The van der Waals surface area contributed by atoms with E-state index >= 15 is 0 Å². The molecule has 2 heterocycles. The van der Waals surface area contributed by atoms with E-state index in [-0.39, 0.29) is 24.4 Å². The van der Waals surface area contributed by atoms with Crippen molar-refractivity contribution in [2.75, 3.05) is 26.2 Å². The van der Waals surface area contributed by atoms with Crippen LogP contribution >= 0.6 is 12.4 Å². The molecule has 2 fully saturated rings. The number of amides is 1. The molecule has 3 rings (SSSR count). The number of likely N-dealkylation sites (tertiary alicyclic amines) is 1. The normalized spacial score (nSPS) is 22.4. The highest BCUT2D eigenvalue weighted by molar-refractivity contribution is 7.89. The molecule has 2 saturated heterocycles. The molecular formula is C20H32ClN3O3S. The summed E-state index contributed by atoms with van der Waals surface area (Å²) >= 11 is 0. The van der Waals surface area contributed by atoms with Crippen LogP contribution in [0.4, 0.5) is 0 Å². The Kier molecular flexibility index (Phi) is 8.30. The summed E-state index contributed by atoms with van der Waals surface area (Å²) in [5.41, 5.74) is 6.85. The molecule has 0 aliphatic carbocycles. The van der Waals surface area contributed by atoms with Crippen LogP contribution in [0.5, 0.6) is 0 Å². The number of sulfonamides is 1. The molecule has 0 bridgehead atoms. The first-order chi connectivity index (χ1) is 12.9. The maximum atomic E-state index is 12.7. The molecule has 0 spiro atoms. The van der Waals surface area contributed by atoms with Crippen molar-refractivity contribution in [2.24, 2.45) is 11.7 Å². The minimum absolute atomic E-state index is 0. The Morgan fingerprint density at radius 2 is 1.75 bits per heavy atom. The van der Waals surface area contributed by atoms with Crippen LogP contribution in [0.1, 0.15) is 44.6 Å². The molecule has 0 radical (unpaired) electrons. The highest BCUT2D eigenvalue weighted by atomic mass is 35.5. The standard InChI is InChI=1S/C20H31N3O3S.ClH/c1-16(21)18-6-5-11-22(15-18)20(24)14-17-7-9-19(10-8-17)27(25,26)23-12-3-2-4-13-23;/h7-10,16,18H,2-6,11-15,21H2,1H3;1H. The highest BCUT2D eigenvalue weighted by Gasteiger charge is 2.27. The van der Waals surface area contributed by atoms with Gasteiger partial charge in [-0.2, -0.15) is 4.31 Å². The Morgan fingerprint density at radius 1 is 1.11 bits per heavy atom. The summed E-state index contributed by atoms with van der Waals surface area (Å²) in [7, 11) is -3.42. The minimum atomic E-state index is -3.42. The Morgan fingerprint density at radius 3 is 2.36 bits per heavy atom. The fraction of sp³-hybridized carbons (Fsp3) is 0.650. The molecule has 1 aromatic rings. The molecule has 2 aliphatic rings. The number of hydrogen-bond acceptors (Lipinski definition) is 4. The van der Waals surface area contributed by atoms with Gasteiger partial charge < -0.3 is 10.6 Å². The summed E-state index contributed by atoms with van der Waals surface area (Å²) in [6.45, 7) is 4.69. The first-order valence-electron chi connectivity index (χ1n) is 10.0. The number of halogens is 1. The number of rotatable bonds is 5. The fourth-order valence-electron chi connectivity index (χ4n) is 3.99. The third-order valence-corrected chi connectivity index (χ3v) is 7.70. The lowest BCUT2D eigenvalue weighted by Crippen LogP contribution is -2.45. The third-order valence-electron chi connectivity index (χ3n) is 5.79. The molecule has 2 aliphatic heterocycles. The van der Waals surface area contributed by atoms with Crippen molar-refractivity contribution in [3.8, 4) is 0 Å². The van der Waals surface area contributed by atoms with Gasteiger partial charge in [-0.3, -0.25) is 4.79 Å². The highest BCUT2D eigenvalue weighted by Crippen LogP contribution is 2.22. The number of nitrogens with two attached hydrogens (primary N) is 1. The van der Waals surface area contributed by atoms with Crippen molar-refractivity contribution < 1.29 is 13.2 Å². The Labute approximate surface area is 174 Å². The maximum absolute atomic E-state index is 12.7. The zero-order valence-electron chi connectivity index (χ0n) is 16.5. The third kappa shape index (κ3) is 5.47. The van der Waals surface area contributed by atoms with Gasteiger partial charge in [0.25, 0.3) is 0 Å². The van der Waals surface area contributed by atoms with Crippen molar-refractivity contribution >= 4 is 28.3 Å². The number of piperidine rings is 2. The van der Waals surface area contributed by atoms with E-state index in [4.69, 9.17) is 5.73 Å². The van der Waals surface area contributed by atoms with Gasteiger partial charge in [0.2, 0.25) is 15.9 Å². The van der Waals surface area contributed by atoms with E-state index < -0.39 is 10.0 Å². The van der Waals surface area contributed by atoms with Gasteiger partial charge in [-0.1, -0.05) is 18.6 Å². The summed E-state index contributed by atoms with van der Waals surface area (Å²) in [5.74, 6) is 0.451. The molecule has 158 valence electrons. The van der Waals surface area contributed by atoms with Crippen LogP contribution in [0.2, 0.25) is 0 Å². The molecule has 0 aromatic heterocycles. The van der Waals surface area contributed by atoms with Crippen LogP contribution in [-0.4, -0.2) is 55.8 Å². The van der Waals surface area contributed by atoms with Gasteiger partial charge in [0.05, 0.1) is 11.3 Å². The molecule has 2 N–H and O–H groups in total. The second-order valence-electron chi connectivity index (χ2n) is 7.89. The van der Waals surface area contributed by atoms with Crippen LogP contribution in [0.3, 0.4) is 0 Å². The van der Waals surface area contributed by atoms with Gasteiger partial charge in [0.15, 0.2) is 0 Å². The number of benzene rings is 1. The van der Waals surface area contributed by atoms with E-state index in [1.165, 1.54) is 0 Å². The first kappa shape index (κ1) is 23.1. The number of carbonyl (C=O) groups excluding carboxylic acids is 1. The van der Waals surface area contributed by atoms with Crippen molar-refractivity contribution in [3.05, 3.63) is 29.8 Å². The molecule has 1 aromatic carbocycles. The second kappa shape index (κ2) is 10.1. The van der Waals surface area contributed by atoms with Crippen molar-refractivity contribution in [1.82, 2.24) is 9.21 Å². The molecule has 28 heavy (non-hydrogen) atoms. The van der Waals surface area contributed by atoms with Gasteiger partial charge in [-0.15, -0.1) is 12.4 Å². The van der Waals surface area contributed by atoms with Crippen molar-refractivity contribution in [2.45, 2.75) is 56.4 Å². The van der Waals surface area contributed by atoms with E-state index in [1.807, 2.05) is 11.8 Å². The van der Waals surface area contributed by atoms with Gasteiger partial charge in [0.1, 0.15) is 0 Å². The molecule has 1 amide bonds. The zero-order valence-corrected chi connectivity index (χ0v) is 18.2. The summed E-state index contributed by atoms with van der Waals surface area (Å²) in [5, 5.41) is 0. The van der Waals surface area contributed by atoms with Gasteiger partial charge in [0, 0.05) is 32.2 Å². The zero-order chi connectivity index (χ0) is 19.4. The van der Waals surface area contributed by atoms with Gasteiger partial charge >= 0.3 is 0 Å². The molecule has 6 nitrogen and oxygen atoms in total. The number of nitrogens with zero attached hydrogens (tertiary/aromatic N) is 2. The van der Waals surface area contributed by atoms with Gasteiger partial charge in [-0.25, -0.2) is 8.42 Å². The average molecular weight is 430 g/mol. The van der Waals surface area contributed by atoms with Crippen LogP contribution in [0.25, 0.3) is 0 Å². The van der Waals surface area contributed by atoms with Gasteiger partial charge in [-0.05, 0) is 56.2 Å². The summed E-state index contributed by atoms with van der Waals surface area (Å²) in [6.07, 6.45) is 5.30. The predicted octanol–water partition coefficient (Wildman–Crippen LogP) is 2.41. The predicted molar refractivity (Wildman–Crippen MR) is 113 cm³/mol. The smallest absolute Gasteiger partial charge is 0.243 e. The topological polar surface area (TPSA) is 83.7 Å². The van der Waals surface area contributed by atoms with Crippen LogP contribution in [0.15, 0.2) is 29.2 Å². The lowest BCUT2D eigenvalue weighted by Gasteiger charge is -2.34. The SMILES string of the molecule is CC(N)C1CCCN(C(=O)Cc2ccc(S(=O)(=O)N3CCCCC3)cc2)C1.Cl. The second-order valence-corrected chi connectivity index (χ2v) is 9.82. The molecule has 2 unspecified atom stereocenters. The monoisotopic (exact) mass is 429 g/mol. The van der Waals surface area contributed by atoms with E-state index in [0.29, 0.717) is 30.3 Å². The van der Waals surface area contributed by atoms with Crippen LogP contribution in [0, 0.1) is 5.92 Å². The molecule has 0 saturated carbocycles. The van der Waals surface area contributed by atoms with Crippen molar-refractivity contribution in [1.29, 1.82) is 0 Å². The summed E-state index contributed by atoms with van der Waals surface area (Å²) < 4.78 is 27.0. The first-order valence-corrected chi connectivity index (χ1v) is 11.4. The Balaban J connectivity index is 0.00000280. The quantitative estimate of drug-likeness (QED) is 0.778. The molecule has 8 heteroatoms. The largest absolute Gasteiger partial charge is 0.342 e. The minimum Gasteiger partial charge on any atom is -0.342 e. The number of hydrogen-bond donors (Lipinski definition) is 1. The summed E-state index contributed by atoms with van der Waals surface area (Å²) in [6, 6.07) is 6.89. The summed E-state index contributed by atoms with van der Waals surface area (Å²) in [4.78, 5) is 14.8. The Hall–Kier alpha value is -1.15. The molecule has 2 atom stereocenters. The lowest BCUT2D eigenvalue weighted by molar-refractivity contribution is -0.132. The fourth-order valence-corrected chi connectivity index (χ4v) is 5.50. The van der Waals surface area contributed by atoms with E-state index in [0.717, 1.165) is 50.8 Å². The van der Waals surface area contributed by atoms with Crippen molar-refractivity contribution in [3.63, 3.8) is 0 Å². The average Bonchev–Trinajstić information content (AvgIpc) is 2.69. The lowest BCUT2D eigenvalue weighted by atomic mass is 9.92. The van der Waals surface area contributed by atoms with E-state index in [2.05, 4.69) is 0 Å².